The van der Waals surface area contributed by atoms with E-state index in [9.17, 15) is 40.5 Å². The highest BCUT2D eigenvalue weighted by molar-refractivity contribution is 5.96. The Balaban J connectivity index is 1.21. The molecule has 8 aliphatic rings. The molecule has 9 rings (SSSR count). The van der Waals surface area contributed by atoms with Crippen molar-refractivity contribution in [3.63, 3.8) is 0 Å². The average Bonchev–Trinajstić information content (AvgIpc) is 3.63. The normalized spacial score (nSPS) is 53.8. The van der Waals surface area contributed by atoms with E-state index in [1.165, 1.54) is 6.07 Å². The summed E-state index contributed by atoms with van der Waals surface area (Å²) in [4.78, 5) is 15.0. The molecule has 1 saturated heterocycles. The van der Waals surface area contributed by atoms with Crippen LogP contribution in [0.4, 0.5) is 0 Å². The van der Waals surface area contributed by atoms with Crippen molar-refractivity contribution in [2.45, 2.75) is 158 Å². The summed E-state index contributed by atoms with van der Waals surface area (Å²) < 4.78 is 7.02. The number of aliphatic hydroxyl groups is 5. The Morgan fingerprint density at radius 2 is 1.59 bits per heavy atom. The number of ketones is 1. The number of phenols is 2. The van der Waals surface area contributed by atoms with Crippen LogP contribution in [-0.4, -0.2) is 82.2 Å². The van der Waals surface area contributed by atoms with Gasteiger partial charge in [-0.15, -0.1) is 0 Å². The number of aliphatic hydroxyl groups excluding tert-OH is 2. The summed E-state index contributed by atoms with van der Waals surface area (Å²) in [5.41, 5.74) is -6.01. The fraction of sp³-hybridized carbons (Fsp3) is 0.786. The fourth-order valence-corrected chi connectivity index (χ4v) is 15.4. The molecule has 1 heterocycles. The summed E-state index contributed by atoms with van der Waals surface area (Å²) in [5.74, 6) is -2.61. The molecular weight excluding hydrogens is 648 g/mol. The van der Waals surface area contributed by atoms with E-state index in [1.807, 2.05) is 6.92 Å². The van der Waals surface area contributed by atoms with Crippen molar-refractivity contribution < 1.29 is 45.3 Å². The van der Waals surface area contributed by atoms with Crippen molar-refractivity contribution in [1.29, 1.82) is 0 Å². The Kier molecular flexibility index (Phi) is 7.08. The minimum absolute atomic E-state index is 0.0675. The predicted octanol–water partition coefficient (Wildman–Crippen LogP) is 4.80. The molecule has 0 amide bonds. The van der Waals surface area contributed by atoms with E-state index >= 15 is 0 Å². The smallest absolute Gasteiger partial charge is 0.160 e. The Hall–Kier alpha value is -2.01. The second-order valence-electron chi connectivity index (χ2n) is 19.7. The van der Waals surface area contributed by atoms with Gasteiger partial charge in [-0.3, -0.25) is 4.79 Å². The number of hydrogen-bond donors (Lipinski definition) is 7. The monoisotopic (exact) mass is 706 g/mol. The summed E-state index contributed by atoms with van der Waals surface area (Å²) in [7, 11) is 0. The van der Waals surface area contributed by atoms with Gasteiger partial charge in [0.2, 0.25) is 0 Å². The molecule has 1 aromatic carbocycles. The Morgan fingerprint density at radius 3 is 2.29 bits per heavy atom. The number of fused-ring (bicyclic) bond motifs is 12. The van der Waals surface area contributed by atoms with E-state index in [2.05, 4.69) is 27.7 Å². The lowest BCUT2D eigenvalue weighted by Crippen LogP contribution is -2.71. The summed E-state index contributed by atoms with van der Waals surface area (Å²) in [6, 6.07) is 2.84. The van der Waals surface area contributed by atoms with Crippen LogP contribution in [0.2, 0.25) is 0 Å². The molecule has 5 saturated carbocycles. The highest BCUT2D eigenvalue weighted by atomic mass is 16.6. The number of rotatable bonds is 0. The first-order valence-corrected chi connectivity index (χ1v) is 19.8. The lowest BCUT2D eigenvalue weighted by Gasteiger charge is -2.69. The molecule has 0 radical (unpaired) electrons. The molecule has 0 unspecified atom stereocenters. The molecule has 6 fully saturated rings. The molecule has 15 atom stereocenters. The minimum atomic E-state index is -1.62. The van der Waals surface area contributed by atoms with E-state index in [4.69, 9.17) is 4.74 Å². The van der Waals surface area contributed by atoms with E-state index in [-0.39, 0.29) is 59.7 Å². The van der Waals surface area contributed by atoms with E-state index < -0.39 is 69.3 Å². The Bertz CT molecular complexity index is 1710. The first-order valence-electron chi connectivity index (χ1n) is 19.8. The van der Waals surface area contributed by atoms with Crippen molar-refractivity contribution in [1.82, 2.24) is 0 Å². The molecule has 7 aliphatic carbocycles. The summed E-state index contributed by atoms with van der Waals surface area (Å²) in [6.45, 7) is 10.2. The van der Waals surface area contributed by atoms with Gasteiger partial charge in [-0.1, -0.05) is 53.4 Å². The van der Waals surface area contributed by atoms with Gasteiger partial charge in [-0.25, -0.2) is 0 Å². The molecule has 1 aromatic rings. The zero-order chi connectivity index (χ0) is 36.5. The number of carbonyl (C=O) groups excluding carboxylic acids is 1. The highest BCUT2D eigenvalue weighted by Crippen LogP contribution is 2.79. The lowest BCUT2D eigenvalue weighted by molar-refractivity contribution is -0.237. The number of phenolic OH excluding ortho intramolecular Hbond substituents is 2. The van der Waals surface area contributed by atoms with Crippen LogP contribution >= 0.6 is 0 Å². The van der Waals surface area contributed by atoms with Crippen LogP contribution in [-0.2, 0) is 16.0 Å². The van der Waals surface area contributed by atoms with Crippen LogP contribution in [0, 0.1) is 45.8 Å². The number of carbonyl (C=O) groups is 1. The summed E-state index contributed by atoms with van der Waals surface area (Å²) in [5, 5.41) is 84.2. The zero-order valence-electron chi connectivity index (χ0n) is 30.9. The zero-order valence-corrected chi connectivity index (χ0v) is 30.9. The Labute approximate surface area is 301 Å². The van der Waals surface area contributed by atoms with Crippen molar-refractivity contribution in [2.75, 3.05) is 0 Å². The van der Waals surface area contributed by atoms with Gasteiger partial charge in [0.1, 0.15) is 17.1 Å². The number of benzene rings is 1. The standard InChI is InChI=1S/C42H58O9/c1-21-9-8-13-42(35(47)22(21)2)38(5,48)34-29(51-42)18-41(50)26-17-28(45)32-31-25-15-23(43)16-27(44)24(25)10-14-40(31,49)30(46)19-36(32,3)33(26)39(11-6-7-12-39)20-37(34,41)4/h15-17,21-22,29-35,43-44,46-50H,6-14,18-20H2,1-5H3/t21-,22-,29-,30-,31+,32-,33+,34+,35-,36-,37+,38+,40+,41-,42-/m0/s1. The topological polar surface area (TPSA) is 168 Å². The van der Waals surface area contributed by atoms with Crippen molar-refractivity contribution >= 4 is 5.78 Å². The molecule has 0 aromatic heterocycles. The number of ether oxygens (including phenoxy) is 1. The first kappa shape index (κ1) is 34.7. The van der Waals surface area contributed by atoms with Crippen LogP contribution in [0.5, 0.6) is 11.5 Å². The molecule has 7 N–H and O–H groups in total. The van der Waals surface area contributed by atoms with Gasteiger partial charge in [-0.2, -0.15) is 0 Å². The van der Waals surface area contributed by atoms with Crippen LogP contribution in [0.3, 0.4) is 0 Å². The predicted molar refractivity (Wildman–Crippen MR) is 188 cm³/mol. The van der Waals surface area contributed by atoms with Crippen LogP contribution < -0.4 is 0 Å². The summed E-state index contributed by atoms with van der Waals surface area (Å²) in [6.07, 6.45) is 6.66. The molecule has 2 spiro atoms. The molecule has 9 nitrogen and oxygen atoms in total. The van der Waals surface area contributed by atoms with Gasteiger partial charge in [0, 0.05) is 35.7 Å². The number of hydrogen-bond acceptors (Lipinski definition) is 9. The van der Waals surface area contributed by atoms with Crippen molar-refractivity contribution in [2.24, 2.45) is 45.8 Å². The van der Waals surface area contributed by atoms with Crippen LogP contribution in [0.15, 0.2) is 23.8 Å². The van der Waals surface area contributed by atoms with Crippen molar-refractivity contribution in [3.05, 3.63) is 34.9 Å². The minimum Gasteiger partial charge on any atom is -0.508 e. The summed E-state index contributed by atoms with van der Waals surface area (Å²) >= 11 is 0. The first-order chi connectivity index (χ1) is 23.8. The molecule has 280 valence electrons. The molecule has 0 bridgehead atoms. The second-order valence-corrected chi connectivity index (χ2v) is 19.7. The largest absolute Gasteiger partial charge is 0.508 e. The quantitative estimate of drug-likeness (QED) is 0.201. The number of allylic oxidation sites excluding steroid dienone is 1. The third-order valence-corrected chi connectivity index (χ3v) is 17.5. The van der Waals surface area contributed by atoms with E-state index in [0.29, 0.717) is 36.0 Å². The van der Waals surface area contributed by atoms with Crippen molar-refractivity contribution in [3.8, 4) is 11.5 Å². The van der Waals surface area contributed by atoms with E-state index in [1.54, 1.807) is 12.1 Å². The van der Waals surface area contributed by atoms with Gasteiger partial charge in [0.05, 0.1) is 35.1 Å². The van der Waals surface area contributed by atoms with E-state index in [0.717, 1.165) is 38.5 Å². The maximum absolute atomic E-state index is 15.0. The van der Waals surface area contributed by atoms with Gasteiger partial charge in [-0.05, 0) is 109 Å². The molecular formula is C42H58O9. The second kappa shape index (κ2) is 10.4. The van der Waals surface area contributed by atoms with Gasteiger partial charge in [0.15, 0.2) is 5.78 Å². The van der Waals surface area contributed by atoms with Crippen LogP contribution in [0.1, 0.15) is 122 Å². The number of aromatic hydroxyl groups is 2. The maximum atomic E-state index is 15.0. The van der Waals surface area contributed by atoms with Gasteiger partial charge in [0.25, 0.3) is 0 Å². The lowest BCUT2D eigenvalue weighted by atomic mass is 9.36. The third-order valence-electron chi connectivity index (χ3n) is 17.5. The third kappa shape index (κ3) is 3.92. The highest BCUT2D eigenvalue weighted by Gasteiger charge is 2.82. The maximum Gasteiger partial charge on any atom is 0.160 e. The fourth-order valence-electron chi connectivity index (χ4n) is 15.4. The van der Waals surface area contributed by atoms with Crippen LogP contribution in [0.25, 0.3) is 0 Å². The molecule has 1 aliphatic heterocycles. The average molecular weight is 707 g/mol. The molecule has 51 heavy (non-hydrogen) atoms. The Morgan fingerprint density at radius 1 is 0.882 bits per heavy atom. The molecule has 9 heteroatoms. The van der Waals surface area contributed by atoms with Gasteiger partial charge >= 0.3 is 0 Å². The van der Waals surface area contributed by atoms with Gasteiger partial charge < -0.3 is 40.5 Å². The SMILES string of the molecule is C[C@H]1[C@@H](C)CCC[C@]2(O[C@H]3C[C@]4(O)C5=CC(=O)[C@H]6[C@H]7c8cc(O)cc(O)c8CC[C@@]7(O)[C@@H](O)C[C@]6(C)[C@@H]5C5(CCCC5)C[C@]4(C)[C@@H]3[C@@]2(C)O)[C@H]1O.